The second kappa shape index (κ2) is 10.7. The van der Waals surface area contributed by atoms with E-state index in [4.69, 9.17) is 4.74 Å². The molecule has 1 fully saturated rings. The fourth-order valence-corrected chi connectivity index (χ4v) is 2.96. The van der Waals surface area contributed by atoms with Gasteiger partial charge in [-0.1, -0.05) is 0 Å². The highest BCUT2D eigenvalue weighted by molar-refractivity contribution is 5.85. The number of nitro groups is 1. The van der Waals surface area contributed by atoms with Gasteiger partial charge in [0.1, 0.15) is 0 Å². The van der Waals surface area contributed by atoms with Crippen molar-refractivity contribution in [1.82, 2.24) is 10.2 Å². The number of hydrogen-bond acceptors (Lipinski definition) is 6. The van der Waals surface area contributed by atoms with Crippen molar-refractivity contribution in [2.75, 3.05) is 33.3 Å². The number of rotatable bonds is 6. The minimum atomic E-state index is -4.32. The van der Waals surface area contributed by atoms with E-state index >= 15 is 0 Å². The SMILES string of the molecule is COc1cc([C@H](CCC(F)(F)F)N2CCNCC2)cc([N+](=O)[O-])c1O.Cl.Cl. The molecule has 1 heterocycles. The lowest BCUT2D eigenvalue weighted by atomic mass is 9.98. The van der Waals surface area contributed by atoms with Crippen molar-refractivity contribution in [1.29, 1.82) is 0 Å². The van der Waals surface area contributed by atoms with Crippen molar-refractivity contribution in [3.8, 4) is 11.5 Å². The fraction of sp³-hybridized carbons (Fsp3) is 0.600. The van der Waals surface area contributed by atoms with E-state index in [9.17, 15) is 28.4 Å². The Bertz CT molecular complexity index is 629. The number of nitrogens with zero attached hydrogens (tertiary/aromatic N) is 2. The number of piperazine rings is 1. The van der Waals surface area contributed by atoms with Gasteiger partial charge in [0.05, 0.1) is 12.0 Å². The number of aromatic hydroxyl groups is 1. The topological polar surface area (TPSA) is 87.9 Å². The van der Waals surface area contributed by atoms with Gasteiger partial charge in [0.25, 0.3) is 0 Å². The maximum absolute atomic E-state index is 12.7. The predicted octanol–water partition coefficient (Wildman–Crippen LogP) is 3.44. The van der Waals surface area contributed by atoms with E-state index in [0.717, 1.165) is 6.07 Å². The van der Waals surface area contributed by atoms with Crippen LogP contribution in [-0.2, 0) is 0 Å². The Kier molecular flexibility index (Phi) is 10.2. The van der Waals surface area contributed by atoms with Gasteiger partial charge in [0, 0.05) is 44.7 Å². The van der Waals surface area contributed by atoms with E-state index in [1.165, 1.54) is 13.2 Å². The number of methoxy groups -OCH3 is 1. The van der Waals surface area contributed by atoms with E-state index in [2.05, 4.69) is 5.32 Å². The summed E-state index contributed by atoms with van der Waals surface area (Å²) in [5.41, 5.74) is -0.256. The second-order valence-electron chi connectivity index (χ2n) is 5.80. The monoisotopic (exact) mass is 435 g/mol. The van der Waals surface area contributed by atoms with Crippen LogP contribution in [0.3, 0.4) is 0 Å². The number of hydrogen-bond donors (Lipinski definition) is 2. The van der Waals surface area contributed by atoms with E-state index in [1.54, 1.807) is 0 Å². The average Bonchev–Trinajstić information content (AvgIpc) is 2.55. The number of alkyl halides is 3. The molecule has 156 valence electrons. The van der Waals surface area contributed by atoms with Gasteiger partial charge in [0.15, 0.2) is 5.75 Å². The minimum absolute atomic E-state index is 0. The number of phenols is 1. The molecule has 1 saturated heterocycles. The highest BCUT2D eigenvalue weighted by atomic mass is 35.5. The number of halogens is 5. The summed E-state index contributed by atoms with van der Waals surface area (Å²) in [5, 5.41) is 24.1. The summed E-state index contributed by atoms with van der Waals surface area (Å²) in [5.74, 6) is -0.762. The van der Waals surface area contributed by atoms with Crippen LogP contribution in [0.1, 0.15) is 24.4 Å². The van der Waals surface area contributed by atoms with Gasteiger partial charge in [0.2, 0.25) is 5.75 Å². The van der Waals surface area contributed by atoms with Crippen molar-refractivity contribution in [2.24, 2.45) is 0 Å². The summed E-state index contributed by atoms with van der Waals surface area (Å²) >= 11 is 0. The zero-order valence-corrected chi connectivity index (χ0v) is 16.1. The first kappa shape index (κ1) is 25.5. The zero-order valence-electron chi connectivity index (χ0n) is 14.5. The minimum Gasteiger partial charge on any atom is -0.500 e. The van der Waals surface area contributed by atoms with Crippen LogP contribution in [0.2, 0.25) is 0 Å². The summed E-state index contributed by atoms with van der Waals surface area (Å²) in [7, 11) is 1.23. The molecule has 0 bridgehead atoms. The molecule has 0 spiro atoms. The van der Waals surface area contributed by atoms with Crippen molar-refractivity contribution in [3.63, 3.8) is 0 Å². The molecule has 2 N–H and O–H groups in total. The fourth-order valence-electron chi connectivity index (χ4n) is 2.96. The van der Waals surface area contributed by atoms with Gasteiger partial charge in [-0.2, -0.15) is 13.2 Å². The molecule has 7 nitrogen and oxygen atoms in total. The molecule has 12 heteroatoms. The quantitative estimate of drug-likeness (QED) is 0.525. The number of nitrogens with one attached hydrogen (secondary N) is 1. The van der Waals surface area contributed by atoms with Crippen LogP contribution in [-0.4, -0.2) is 54.4 Å². The van der Waals surface area contributed by atoms with Crippen LogP contribution >= 0.6 is 24.8 Å². The third kappa shape index (κ3) is 6.87. The molecule has 1 atom stereocenters. The molecule has 1 aromatic carbocycles. The maximum Gasteiger partial charge on any atom is 0.389 e. The van der Waals surface area contributed by atoms with Crippen molar-refractivity contribution >= 4 is 30.5 Å². The lowest BCUT2D eigenvalue weighted by Gasteiger charge is -2.35. The largest absolute Gasteiger partial charge is 0.500 e. The van der Waals surface area contributed by atoms with E-state index in [-0.39, 0.29) is 37.0 Å². The van der Waals surface area contributed by atoms with Crippen molar-refractivity contribution in [2.45, 2.75) is 25.1 Å². The number of ether oxygens (including phenoxy) is 1. The van der Waals surface area contributed by atoms with Crippen LogP contribution in [0.5, 0.6) is 11.5 Å². The highest BCUT2D eigenvalue weighted by Crippen LogP contribution is 2.41. The summed E-state index contributed by atoms with van der Waals surface area (Å²) in [6.07, 6.45) is -5.55. The molecule has 0 aromatic heterocycles. The van der Waals surface area contributed by atoms with Crippen molar-refractivity contribution < 1.29 is 27.9 Å². The van der Waals surface area contributed by atoms with Gasteiger partial charge in [-0.15, -0.1) is 24.8 Å². The van der Waals surface area contributed by atoms with Gasteiger partial charge in [-0.05, 0) is 18.1 Å². The summed E-state index contributed by atoms with van der Waals surface area (Å²) in [6.45, 7) is 2.30. The average molecular weight is 436 g/mol. The molecule has 1 aromatic rings. The smallest absolute Gasteiger partial charge is 0.389 e. The molecule has 0 saturated carbocycles. The molecule has 2 rings (SSSR count). The third-order valence-corrected chi connectivity index (χ3v) is 4.17. The molecule has 0 radical (unpaired) electrons. The summed E-state index contributed by atoms with van der Waals surface area (Å²) in [6, 6.07) is 1.84. The second-order valence-corrected chi connectivity index (χ2v) is 5.80. The van der Waals surface area contributed by atoms with Gasteiger partial charge >= 0.3 is 11.9 Å². The Labute approximate surface area is 166 Å². The lowest BCUT2D eigenvalue weighted by Crippen LogP contribution is -2.45. The van der Waals surface area contributed by atoms with Gasteiger partial charge < -0.3 is 15.2 Å². The molecule has 27 heavy (non-hydrogen) atoms. The molecule has 0 unspecified atom stereocenters. The van der Waals surface area contributed by atoms with Crippen LogP contribution < -0.4 is 10.1 Å². The van der Waals surface area contributed by atoms with Crippen LogP contribution in [0.25, 0.3) is 0 Å². The van der Waals surface area contributed by atoms with Crippen LogP contribution in [0, 0.1) is 10.1 Å². The highest BCUT2D eigenvalue weighted by Gasteiger charge is 2.33. The molecular weight excluding hydrogens is 414 g/mol. The van der Waals surface area contributed by atoms with Crippen LogP contribution in [0.15, 0.2) is 12.1 Å². The number of nitro benzene ring substituents is 1. The molecule has 1 aliphatic rings. The summed E-state index contributed by atoms with van der Waals surface area (Å²) < 4.78 is 43.1. The first-order valence-electron chi connectivity index (χ1n) is 7.79. The Hall–Kier alpha value is -1.49. The standard InChI is InChI=1S/C15H20F3N3O4.2ClH/c1-25-13-9-10(8-12(14(13)22)21(23)24)11(2-3-15(16,17)18)20-6-4-19-5-7-20;;/h8-9,11,19,22H,2-7H2,1H3;2*1H/t11-;;/m0../s1. The van der Waals surface area contributed by atoms with E-state index < -0.39 is 35.0 Å². The lowest BCUT2D eigenvalue weighted by molar-refractivity contribution is -0.386. The zero-order chi connectivity index (χ0) is 18.6. The summed E-state index contributed by atoms with van der Waals surface area (Å²) in [4.78, 5) is 12.2. The Morgan fingerprint density at radius 3 is 2.41 bits per heavy atom. The van der Waals surface area contributed by atoms with E-state index in [0.29, 0.717) is 31.7 Å². The molecule has 0 aliphatic carbocycles. The molecule has 0 amide bonds. The first-order chi connectivity index (χ1) is 11.7. The third-order valence-electron chi connectivity index (χ3n) is 4.17. The molecule has 1 aliphatic heterocycles. The Balaban J connectivity index is 0.00000338. The Morgan fingerprint density at radius 1 is 1.33 bits per heavy atom. The van der Waals surface area contributed by atoms with E-state index in [1.807, 2.05) is 4.90 Å². The number of benzene rings is 1. The number of phenolic OH excluding ortho intramolecular Hbond substituents is 1. The van der Waals surface area contributed by atoms with Crippen LogP contribution in [0.4, 0.5) is 18.9 Å². The Morgan fingerprint density at radius 2 is 1.93 bits per heavy atom. The van der Waals surface area contributed by atoms with Gasteiger partial charge in [-0.25, -0.2) is 0 Å². The van der Waals surface area contributed by atoms with Crippen molar-refractivity contribution in [3.05, 3.63) is 27.8 Å². The first-order valence-corrected chi connectivity index (χ1v) is 7.79. The van der Waals surface area contributed by atoms with Gasteiger partial charge in [-0.3, -0.25) is 15.0 Å². The maximum atomic E-state index is 12.7. The molecular formula is C15H22Cl2F3N3O4. The predicted molar refractivity (Wildman–Crippen MR) is 98.3 cm³/mol. The normalized spacial score (nSPS) is 16.0.